The molecule has 8 nitrogen and oxygen atoms in total. The van der Waals surface area contributed by atoms with Crippen LogP contribution in [0.1, 0.15) is 42.1 Å². The first-order valence-electron chi connectivity index (χ1n) is 7.27. The third-order valence-electron chi connectivity index (χ3n) is 4.24. The van der Waals surface area contributed by atoms with Gasteiger partial charge in [0.25, 0.3) is 0 Å². The maximum Gasteiger partial charge on any atom is 0.240 e. The van der Waals surface area contributed by atoms with E-state index in [0.29, 0.717) is 18.4 Å². The molecule has 0 radical (unpaired) electrons. The van der Waals surface area contributed by atoms with E-state index >= 15 is 0 Å². The number of nitrogens with zero attached hydrogens (tertiary/aromatic N) is 5. The van der Waals surface area contributed by atoms with Crippen molar-refractivity contribution >= 4 is 0 Å². The number of aromatic amines is 1. The van der Waals surface area contributed by atoms with E-state index < -0.39 is 0 Å². The van der Waals surface area contributed by atoms with Gasteiger partial charge in [0, 0.05) is 32.0 Å². The molecule has 112 valence electrons. The molecule has 0 amide bonds. The van der Waals surface area contributed by atoms with Crippen molar-refractivity contribution in [1.82, 2.24) is 30.5 Å². The van der Waals surface area contributed by atoms with Crippen LogP contribution in [0.3, 0.4) is 0 Å². The Kier molecular flexibility index (Phi) is 3.19. The van der Waals surface area contributed by atoms with Crippen LogP contribution in [-0.4, -0.2) is 56.8 Å². The first-order chi connectivity index (χ1) is 10.3. The Morgan fingerprint density at radius 1 is 1.43 bits per heavy atom. The van der Waals surface area contributed by atoms with E-state index in [4.69, 9.17) is 9.26 Å². The van der Waals surface area contributed by atoms with E-state index in [0.717, 1.165) is 24.6 Å². The van der Waals surface area contributed by atoms with Gasteiger partial charge in [0.2, 0.25) is 5.89 Å². The molecule has 0 unspecified atom stereocenters. The molecule has 0 aromatic carbocycles. The lowest BCUT2D eigenvalue weighted by Gasteiger charge is -2.13. The summed E-state index contributed by atoms with van der Waals surface area (Å²) in [7, 11) is 1.74. The highest BCUT2D eigenvalue weighted by molar-refractivity contribution is 5.10. The van der Waals surface area contributed by atoms with Gasteiger partial charge in [-0.2, -0.15) is 20.4 Å². The standard InChI is InChI=1S/C13H18N6O2/c1-20-11-6-19(5-9(11)10-4-14-18-16-10)7-12-15-13(17-21-12)8-2-3-8/h4,8-9,11H,2-3,5-7H2,1H3,(H,14,16,18)/t9-,11+/m0/s1. The van der Waals surface area contributed by atoms with Crippen molar-refractivity contribution in [1.29, 1.82) is 0 Å². The summed E-state index contributed by atoms with van der Waals surface area (Å²) < 4.78 is 10.9. The number of hydrogen-bond acceptors (Lipinski definition) is 7. The molecule has 1 N–H and O–H groups in total. The van der Waals surface area contributed by atoms with E-state index in [1.54, 1.807) is 13.3 Å². The Bertz CT molecular complexity index is 594. The predicted octanol–water partition coefficient (Wildman–Crippen LogP) is 0.679. The molecule has 1 aliphatic heterocycles. The minimum absolute atomic E-state index is 0.112. The number of likely N-dealkylation sites (tertiary alicyclic amines) is 1. The summed E-state index contributed by atoms with van der Waals surface area (Å²) in [6, 6.07) is 0. The van der Waals surface area contributed by atoms with E-state index in [2.05, 4.69) is 30.5 Å². The fourth-order valence-electron chi connectivity index (χ4n) is 2.92. The second-order valence-corrected chi connectivity index (χ2v) is 5.79. The van der Waals surface area contributed by atoms with E-state index in [9.17, 15) is 0 Å². The number of methoxy groups -OCH3 is 1. The topological polar surface area (TPSA) is 93.0 Å². The molecule has 2 atom stereocenters. The zero-order valence-electron chi connectivity index (χ0n) is 11.9. The first kappa shape index (κ1) is 12.9. The van der Waals surface area contributed by atoms with Gasteiger partial charge in [-0.3, -0.25) is 4.90 Å². The van der Waals surface area contributed by atoms with Crippen molar-refractivity contribution in [2.45, 2.75) is 37.3 Å². The predicted molar refractivity (Wildman–Crippen MR) is 71.5 cm³/mol. The van der Waals surface area contributed by atoms with E-state index in [1.165, 1.54) is 12.8 Å². The Hall–Kier alpha value is -1.80. The van der Waals surface area contributed by atoms with Crippen LogP contribution in [0.15, 0.2) is 10.7 Å². The Balaban J connectivity index is 1.43. The third kappa shape index (κ3) is 2.56. The molecule has 4 rings (SSSR count). The molecule has 0 spiro atoms. The molecule has 2 aromatic rings. The molecule has 0 bridgehead atoms. The molecule has 3 heterocycles. The summed E-state index contributed by atoms with van der Waals surface area (Å²) in [5.74, 6) is 2.29. The Labute approximate surface area is 121 Å². The fraction of sp³-hybridized carbons (Fsp3) is 0.692. The lowest BCUT2D eigenvalue weighted by atomic mass is 10.0. The van der Waals surface area contributed by atoms with Crippen LogP contribution in [-0.2, 0) is 11.3 Å². The van der Waals surface area contributed by atoms with Crippen molar-refractivity contribution in [3.05, 3.63) is 23.6 Å². The second-order valence-electron chi connectivity index (χ2n) is 5.79. The highest BCUT2D eigenvalue weighted by atomic mass is 16.5. The van der Waals surface area contributed by atoms with Crippen molar-refractivity contribution < 1.29 is 9.26 Å². The van der Waals surface area contributed by atoms with Gasteiger partial charge in [-0.1, -0.05) is 5.16 Å². The van der Waals surface area contributed by atoms with Gasteiger partial charge in [-0.15, -0.1) is 0 Å². The number of hydrogen-bond donors (Lipinski definition) is 1. The van der Waals surface area contributed by atoms with Crippen molar-refractivity contribution in [3.8, 4) is 0 Å². The number of nitrogens with one attached hydrogen (secondary N) is 1. The highest BCUT2D eigenvalue weighted by Gasteiger charge is 2.36. The van der Waals surface area contributed by atoms with Crippen LogP contribution in [0.4, 0.5) is 0 Å². The van der Waals surface area contributed by atoms with Gasteiger partial charge in [-0.25, -0.2) is 0 Å². The maximum absolute atomic E-state index is 5.58. The van der Waals surface area contributed by atoms with E-state index in [-0.39, 0.29) is 12.0 Å². The van der Waals surface area contributed by atoms with Gasteiger partial charge < -0.3 is 9.26 Å². The first-order valence-corrected chi connectivity index (χ1v) is 7.27. The summed E-state index contributed by atoms with van der Waals surface area (Å²) >= 11 is 0. The maximum atomic E-state index is 5.58. The number of aromatic nitrogens is 5. The van der Waals surface area contributed by atoms with Gasteiger partial charge in [0.1, 0.15) is 0 Å². The minimum atomic E-state index is 0.112. The van der Waals surface area contributed by atoms with E-state index in [1.807, 2.05) is 0 Å². The summed E-state index contributed by atoms with van der Waals surface area (Å²) in [5, 5.41) is 14.8. The van der Waals surface area contributed by atoms with Gasteiger partial charge >= 0.3 is 0 Å². The minimum Gasteiger partial charge on any atom is -0.379 e. The van der Waals surface area contributed by atoms with Gasteiger partial charge in [0.05, 0.1) is 24.5 Å². The molecule has 2 aromatic heterocycles. The van der Waals surface area contributed by atoms with Crippen LogP contribution in [0.25, 0.3) is 0 Å². The van der Waals surface area contributed by atoms with Crippen LogP contribution in [0.5, 0.6) is 0 Å². The average molecular weight is 290 g/mol. The van der Waals surface area contributed by atoms with Crippen LogP contribution < -0.4 is 0 Å². The van der Waals surface area contributed by atoms with Crippen molar-refractivity contribution in [2.24, 2.45) is 0 Å². The number of rotatable bonds is 5. The summed E-state index contributed by atoms with van der Waals surface area (Å²) in [5.41, 5.74) is 0.938. The number of ether oxygens (including phenoxy) is 1. The summed E-state index contributed by atoms with van der Waals surface area (Å²) in [6.07, 6.45) is 4.24. The quantitative estimate of drug-likeness (QED) is 0.865. The van der Waals surface area contributed by atoms with Crippen molar-refractivity contribution in [2.75, 3.05) is 20.2 Å². The monoisotopic (exact) mass is 290 g/mol. The zero-order valence-corrected chi connectivity index (χ0v) is 11.9. The fourth-order valence-corrected chi connectivity index (χ4v) is 2.92. The lowest BCUT2D eigenvalue weighted by molar-refractivity contribution is 0.0946. The molecule has 21 heavy (non-hydrogen) atoms. The molecule has 2 fully saturated rings. The zero-order chi connectivity index (χ0) is 14.2. The summed E-state index contributed by atoms with van der Waals surface area (Å²) in [6.45, 7) is 2.34. The molecular formula is C13H18N6O2. The normalized spacial score (nSPS) is 26.5. The average Bonchev–Trinajstić information content (AvgIpc) is 2.95. The third-order valence-corrected chi connectivity index (χ3v) is 4.24. The highest BCUT2D eigenvalue weighted by Crippen LogP contribution is 2.38. The largest absolute Gasteiger partial charge is 0.379 e. The van der Waals surface area contributed by atoms with Crippen LogP contribution in [0, 0.1) is 0 Å². The molecule has 8 heteroatoms. The smallest absolute Gasteiger partial charge is 0.240 e. The summed E-state index contributed by atoms with van der Waals surface area (Å²) in [4.78, 5) is 6.74. The molecule has 2 aliphatic rings. The molecular weight excluding hydrogens is 272 g/mol. The Morgan fingerprint density at radius 3 is 3.05 bits per heavy atom. The molecule has 1 aliphatic carbocycles. The second kappa shape index (κ2) is 5.19. The van der Waals surface area contributed by atoms with Crippen LogP contribution >= 0.6 is 0 Å². The SMILES string of the molecule is CO[C@@H]1CN(Cc2nc(C3CC3)no2)C[C@H]1c1cn[nH]n1. The number of H-pyrrole nitrogens is 1. The Morgan fingerprint density at radius 2 is 2.33 bits per heavy atom. The van der Waals surface area contributed by atoms with Gasteiger partial charge in [-0.05, 0) is 12.8 Å². The molecule has 1 saturated heterocycles. The van der Waals surface area contributed by atoms with Crippen LogP contribution in [0.2, 0.25) is 0 Å². The lowest BCUT2D eigenvalue weighted by Crippen LogP contribution is -2.22. The van der Waals surface area contributed by atoms with Gasteiger partial charge in [0.15, 0.2) is 5.82 Å². The molecule has 1 saturated carbocycles. The van der Waals surface area contributed by atoms with Crippen molar-refractivity contribution in [3.63, 3.8) is 0 Å².